The third-order valence-corrected chi connectivity index (χ3v) is 4.60. The van der Waals surface area contributed by atoms with E-state index in [0.29, 0.717) is 5.82 Å². The number of benzene rings is 2. The fourth-order valence-corrected chi connectivity index (χ4v) is 3.14. The fraction of sp³-hybridized carbons (Fsp3) is 0. The van der Waals surface area contributed by atoms with Crippen molar-refractivity contribution >= 4 is 6.21 Å². The molecule has 0 bridgehead atoms. The number of para-hydroxylation sites is 1. The molecular weight excluding hydrogens is 374 g/mol. The lowest BCUT2D eigenvalue weighted by molar-refractivity contribution is 0.883. The van der Waals surface area contributed by atoms with Gasteiger partial charge in [0, 0.05) is 35.3 Å². The summed E-state index contributed by atoms with van der Waals surface area (Å²) in [6.45, 7) is 0. The lowest BCUT2D eigenvalue weighted by Gasteiger charge is -2.00. The summed E-state index contributed by atoms with van der Waals surface area (Å²) >= 11 is 0. The second kappa shape index (κ2) is 7.92. The van der Waals surface area contributed by atoms with Crippen LogP contribution in [0.25, 0.3) is 28.3 Å². The first-order chi connectivity index (χ1) is 14.9. The highest BCUT2D eigenvalue weighted by molar-refractivity contribution is 5.88. The van der Waals surface area contributed by atoms with Crippen LogP contribution >= 0.6 is 0 Å². The van der Waals surface area contributed by atoms with Crippen LogP contribution in [0.5, 0.6) is 0 Å². The molecule has 5 rings (SSSR count). The van der Waals surface area contributed by atoms with Crippen LogP contribution in [0.1, 0.15) is 5.56 Å². The molecule has 0 aliphatic heterocycles. The monoisotopic (exact) mass is 391 g/mol. The molecule has 0 unspecified atom stereocenters. The maximum Gasteiger partial charge on any atom is 0.184 e. The predicted octanol–water partition coefficient (Wildman–Crippen LogP) is 4.08. The normalized spacial score (nSPS) is 11.2. The van der Waals surface area contributed by atoms with Crippen molar-refractivity contribution in [3.05, 3.63) is 103 Å². The molecule has 5 aromatic rings. The van der Waals surface area contributed by atoms with Gasteiger partial charge in [-0.05, 0) is 24.3 Å². The minimum atomic E-state index is 0.674. The predicted molar refractivity (Wildman–Crippen MR) is 115 cm³/mol. The van der Waals surface area contributed by atoms with Crippen LogP contribution < -0.4 is 0 Å². The number of hydrogen-bond acceptors (Lipinski definition) is 5. The molecule has 0 N–H and O–H groups in total. The van der Waals surface area contributed by atoms with E-state index in [1.807, 2.05) is 83.7 Å². The van der Waals surface area contributed by atoms with Crippen molar-refractivity contribution in [2.75, 3.05) is 0 Å². The number of rotatable bonds is 5. The Bertz CT molecular complexity index is 1270. The molecule has 0 spiro atoms. The topological polar surface area (TPSA) is 73.8 Å². The van der Waals surface area contributed by atoms with E-state index < -0.39 is 0 Å². The minimum Gasteiger partial charge on any atom is -0.265 e. The number of aromatic nitrogens is 6. The standard InChI is InChI=1S/C23H17N7/c1-3-7-19(8-4-1)23-27-25-17-30(23)26-15-20-16-29(21-9-5-2-6-10-21)28-22(20)18-11-13-24-14-12-18/h1-17H/b26-15-. The molecule has 7 nitrogen and oxygen atoms in total. The molecule has 3 heterocycles. The Morgan fingerprint density at radius 1 is 0.800 bits per heavy atom. The van der Waals surface area contributed by atoms with Gasteiger partial charge in [-0.3, -0.25) is 4.98 Å². The first-order valence-corrected chi connectivity index (χ1v) is 9.44. The van der Waals surface area contributed by atoms with Crippen molar-refractivity contribution in [3.8, 4) is 28.3 Å². The summed E-state index contributed by atoms with van der Waals surface area (Å²) < 4.78 is 3.51. The van der Waals surface area contributed by atoms with Gasteiger partial charge in [-0.25, -0.2) is 4.68 Å². The van der Waals surface area contributed by atoms with Gasteiger partial charge in [-0.2, -0.15) is 14.9 Å². The second-order valence-corrected chi connectivity index (χ2v) is 6.56. The molecule has 7 heteroatoms. The van der Waals surface area contributed by atoms with Crippen molar-refractivity contribution < 1.29 is 0 Å². The summed E-state index contributed by atoms with van der Waals surface area (Å²) in [7, 11) is 0. The van der Waals surface area contributed by atoms with Gasteiger partial charge in [0.15, 0.2) is 5.82 Å². The molecule has 0 aliphatic carbocycles. The largest absolute Gasteiger partial charge is 0.265 e. The van der Waals surface area contributed by atoms with E-state index in [4.69, 9.17) is 5.10 Å². The van der Waals surface area contributed by atoms with E-state index in [2.05, 4.69) is 20.3 Å². The molecule has 3 aromatic heterocycles. The van der Waals surface area contributed by atoms with Crippen LogP contribution in [-0.4, -0.2) is 35.9 Å². The van der Waals surface area contributed by atoms with Gasteiger partial charge in [0.1, 0.15) is 12.0 Å². The van der Waals surface area contributed by atoms with Gasteiger partial charge in [0.25, 0.3) is 0 Å². The highest BCUT2D eigenvalue weighted by atomic mass is 15.4. The van der Waals surface area contributed by atoms with Crippen LogP contribution in [0, 0.1) is 0 Å². The molecular formula is C23H17N7. The molecule has 2 aromatic carbocycles. The van der Waals surface area contributed by atoms with Gasteiger partial charge < -0.3 is 0 Å². The summed E-state index contributed by atoms with van der Waals surface area (Å²) in [5, 5.41) is 17.6. The SMILES string of the molecule is C(=N/n1cnnc1-c1ccccc1)/c1cn(-c2ccccc2)nc1-c1ccncc1. The van der Waals surface area contributed by atoms with Crippen molar-refractivity contribution in [2.45, 2.75) is 0 Å². The van der Waals surface area contributed by atoms with Crippen molar-refractivity contribution in [1.29, 1.82) is 0 Å². The van der Waals surface area contributed by atoms with Crippen LogP contribution in [0.15, 0.2) is 103 Å². The molecule has 30 heavy (non-hydrogen) atoms. The van der Waals surface area contributed by atoms with Crippen LogP contribution in [-0.2, 0) is 0 Å². The lowest BCUT2D eigenvalue weighted by Crippen LogP contribution is -1.94. The van der Waals surface area contributed by atoms with Crippen LogP contribution in [0.2, 0.25) is 0 Å². The summed E-state index contributed by atoms with van der Waals surface area (Å²) in [5.41, 5.74) is 4.58. The Kier molecular flexibility index (Phi) is 4.67. The van der Waals surface area contributed by atoms with Gasteiger partial charge in [0.05, 0.1) is 11.9 Å². The van der Waals surface area contributed by atoms with E-state index in [1.165, 1.54) is 0 Å². The van der Waals surface area contributed by atoms with E-state index >= 15 is 0 Å². The zero-order chi connectivity index (χ0) is 20.2. The molecule has 144 valence electrons. The maximum atomic E-state index is 4.79. The van der Waals surface area contributed by atoms with E-state index in [1.54, 1.807) is 29.6 Å². The highest BCUT2D eigenvalue weighted by Crippen LogP contribution is 2.22. The maximum absolute atomic E-state index is 4.79. The van der Waals surface area contributed by atoms with E-state index in [0.717, 1.165) is 28.1 Å². The zero-order valence-corrected chi connectivity index (χ0v) is 15.9. The van der Waals surface area contributed by atoms with Gasteiger partial charge in [-0.15, -0.1) is 10.2 Å². The van der Waals surface area contributed by atoms with Crippen LogP contribution in [0.4, 0.5) is 0 Å². The number of hydrogen-bond donors (Lipinski definition) is 0. The molecule has 0 aliphatic rings. The van der Waals surface area contributed by atoms with Gasteiger partial charge in [0.2, 0.25) is 0 Å². The first-order valence-electron chi connectivity index (χ1n) is 9.44. The molecule has 0 saturated carbocycles. The Morgan fingerprint density at radius 2 is 1.53 bits per heavy atom. The fourth-order valence-electron chi connectivity index (χ4n) is 3.14. The first kappa shape index (κ1) is 17.7. The summed E-state index contributed by atoms with van der Waals surface area (Å²) in [6.07, 6.45) is 8.84. The van der Waals surface area contributed by atoms with Crippen LogP contribution in [0.3, 0.4) is 0 Å². The van der Waals surface area contributed by atoms with Gasteiger partial charge >= 0.3 is 0 Å². The highest BCUT2D eigenvalue weighted by Gasteiger charge is 2.12. The van der Waals surface area contributed by atoms with Crippen molar-refractivity contribution in [3.63, 3.8) is 0 Å². The zero-order valence-electron chi connectivity index (χ0n) is 15.9. The molecule has 0 fully saturated rings. The average molecular weight is 391 g/mol. The molecule has 0 amide bonds. The lowest BCUT2D eigenvalue weighted by atomic mass is 10.1. The second-order valence-electron chi connectivity index (χ2n) is 6.56. The Morgan fingerprint density at radius 3 is 2.30 bits per heavy atom. The third kappa shape index (κ3) is 3.51. The number of nitrogens with zero attached hydrogens (tertiary/aromatic N) is 7. The van der Waals surface area contributed by atoms with E-state index in [-0.39, 0.29) is 0 Å². The Labute approximate surface area is 173 Å². The Balaban J connectivity index is 1.56. The third-order valence-electron chi connectivity index (χ3n) is 4.60. The summed E-state index contributed by atoms with van der Waals surface area (Å²) in [5.74, 6) is 0.674. The molecule has 0 saturated heterocycles. The molecule has 0 atom stereocenters. The van der Waals surface area contributed by atoms with E-state index in [9.17, 15) is 0 Å². The molecule has 0 radical (unpaired) electrons. The summed E-state index contributed by atoms with van der Waals surface area (Å²) in [6, 6.07) is 23.7. The van der Waals surface area contributed by atoms with Crippen molar-refractivity contribution in [2.24, 2.45) is 5.10 Å². The Hall–Kier alpha value is -4.39. The number of pyridine rings is 1. The minimum absolute atomic E-state index is 0.674. The summed E-state index contributed by atoms with van der Waals surface area (Å²) in [4.78, 5) is 4.11. The smallest absolute Gasteiger partial charge is 0.184 e. The van der Waals surface area contributed by atoms with Crippen molar-refractivity contribution in [1.82, 2.24) is 29.6 Å². The average Bonchev–Trinajstić information content (AvgIpc) is 3.47. The quantitative estimate of drug-likeness (QED) is 0.423. The van der Waals surface area contributed by atoms with Gasteiger partial charge in [-0.1, -0.05) is 48.5 Å².